The van der Waals surface area contributed by atoms with Gasteiger partial charge in [0.05, 0.1) is 11.8 Å². The molecular weight excluding hydrogens is 218 g/mol. The van der Waals surface area contributed by atoms with Gasteiger partial charge in [-0.2, -0.15) is 0 Å². The zero-order valence-corrected chi connectivity index (χ0v) is 10.9. The summed E-state index contributed by atoms with van der Waals surface area (Å²) in [6, 6.07) is 0. The van der Waals surface area contributed by atoms with Gasteiger partial charge >= 0.3 is 5.97 Å². The fourth-order valence-electron chi connectivity index (χ4n) is 2.89. The van der Waals surface area contributed by atoms with Crippen molar-refractivity contribution in [2.75, 3.05) is 13.6 Å². The minimum Gasteiger partial charge on any atom is -0.481 e. The van der Waals surface area contributed by atoms with E-state index in [1.165, 1.54) is 6.42 Å². The Kier molecular flexibility index (Phi) is 2.71. The minimum absolute atomic E-state index is 0.00139. The fraction of sp³-hybridized carbons (Fsp3) is 0.846. The van der Waals surface area contributed by atoms with Gasteiger partial charge in [-0.05, 0) is 23.7 Å². The quantitative estimate of drug-likeness (QED) is 0.808. The number of aliphatic carboxylic acids is 1. The van der Waals surface area contributed by atoms with Gasteiger partial charge in [0.2, 0.25) is 5.91 Å². The molecule has 0 aromatic carbocycles. The number of rotatable bonds is 4. The number of carbonyl (C=O) groups is 2. The molecule has 1 amide bonds. The number of carbonyl (C=O) groups excluding carboxylic acids is 1. The normalized spacial score (nSPS) is 37.4. The first kappa shape index (κ1) is 12.4. The Bertz CT molecular complexity index is 364. The van der Waals surface area contributed by atoms with Crippen LogP contribution in [0, 0.1) is 29.1 Å². The molecule has 2 saturated carbocycles. The number of carboxylic acid groups (broad SMARTS) is 1. The van der Waals surface area contributed by atoms with E-state index in [-0.39, 0.29) is 17.2 Å². The summed E-state index contributed by atoms with van der Waals surface area (Å²) in [5, 5.41) is 9.06. The monoisotopic (exact) mass is 239 g/mol. The van der Waals surface area contributed by atoms with E-state index in [2.05, 4.69) is 6.92 Å². The Morgan fingerprint density at radius 1 is 1.35 bits per heavy atom. The average Bonchev–Trinajstić information content (AvgIpc) is 3.02. The van der Waals surface area contributed by atoms with Gasteiger partial charge in [-0.1, -0.05) is 20.8 Å². The summed E-state index contributed by atoms with van der Waals surface area (Å²) in [5.74, 6) is -0.349. The summed E-state index contributed by atoms with van der Waals surface area (Å²) in [5.41, 5.74) is -0.383. The van der Waals surface area contributed by atoms with Gasteiger partial charge < -0.3 is 10.0 Å². The van der Waals surface area contributed by atoms with Gasteiger partial charge in [0.25, 0.3) is 0 Å². The predicted molar refractivity (Wildman–Crippen MR) is 63.3 cm³/mol. The van der Waals surface area contributed by atoms with Crippen LogP contribution in [0.2, 0.25) is 0 Å². The molecule has 17 heavy (non-hydrogen) atoms. The molecular formula is C13H21NO3. The molecule has 0 aromatic rings. The Morgan fingerprint density at radius 3 is 2.24 bits per heavy atom. The molecule has 0 aromatic heterocycles. The van der Waals surface area contributed by atoms with Gasteiger partial charge in [-0.15, -0.1) is 0 Å². The number of carboxylic acids is 1. The van der Waals surface area contributed by atoms with Crippen molar-refractivity contribution in [3.8, 4) is 0 Å². The second kappa shape index (κ2) is 3.72. The van der Waals surface area contributed by atoms with Crippen LogP contribution in [0.5, 0.6) is 0 Å². The first-order chi connectivity index (χ1) is 7.76. The van der Waals surface area contributed by atoms with Crippen LogP contribution >= 0.6 is 0 Å². The highest BCUT2D eigenvalue weighted by Gasteiger charge is 2.66. The van der Waals surface area contributed by atoms with E-state index in [9.17, 15) is 9.59 Å². The molecule has 1 N–H and O–H groups in total. The van der Waals surface area contributed by atoms with Crippen LogP contribution in [0.15, 0.2) is 0 Å². The molecule has 2 rings (SSSR count). The number of amides is 1. The van der Waals surface area contributed by atoms with Crippen molar-refractivity contribution in [2.24, 2.45) is 29.1 Å². The van der Waals surface area contributed by atoms with Crippen LogP contribution < -0.4 is 0 Å². The molecule has 4 unspecified atom stereocenters. The maximum atomic E-state index is 12.2. The molecule has 2 aliphatic carbocycles. The minimum atomic E-state index is -0.846. The van der Waals surface area contributed by atoms with E-state index < -0.39 is 11.9 Å². The summed E-state index contributed by atoms with van der Waals surface area (Å²) in [4.78, 5) is 24.9. The van der Waals surface area contributed by atoms with E-state index in [0.29, 0.717) is 11.8 Å². The van der Waals surface area contributed by atoms with Crippen molar-refractivity contribution in [3.05, 3.63) is 0 Å². The second-order valence-corrected chi connectivity index (χ2v) is 6.31. The molecule has 4 heteroatoms. The topological polar surface area (TPSA) is 57.6 Å². The predicted octanol–water partition coefficient (Wildman–Crippen LogP) is 1.46. The highest BCUT2D eigenvalue weighted by Crippen LogP contribution is 2.59. The van der Waals surface area contributed by atoms with Crippen molar-refractivity contribution in [1.29, 1.82) is 0 Å². The largest absolute Gasteiger partial charge is 0.481 e. The highest BCUT2D eigenvalue weighted by molar-refractivity contribution is 5.91. The Hall–Kier alpha value is -1.06. The molecule has 96 valence electrons. The van der Waals surface area contributed by atoms with Crippen molar-refractivity contribution in [3.63, 3.8) is 0 Å². The third kappa shape index (κ3) is 2.05. The number of nitrogens with zero attached hydrogens (tertiary/aromatic N) is 1. The summed E-state index contributed by atoms with van der Waals surface area (Å²) >= 11 is 0. The van der Waals surface area contributed by atoms with Gasteiger partial charge in [0.1, 0.15) is 0 Å². The first-order valence-corrected chi connectivity index (χ1v) is 6.24. The Balaban J connectivity index is 1.94. The molecule has 0 radical (unpaired) electrons. The van der Waals surface area contributed by atoms with Crippen LogP contribution in [0.4, 0.5) is 0 Å². The molecule has 0 saturated heterocycles. The molecule has 4 nitrogen and oxygen atoms in total. The van der Waals surface area contributed by atoms with Gasteiger partial charge in [-0.3, -0.25) is 9.59 Å². The van der Waals surface area contributed by atoms with Crippen LogP contribution in [0.3, 0.4) is 0 Å². The number of hydrogen-bond acceptors (Lipinski definition) is 2. The van der Waals surface area contributed by atoms with Crippen LogP contribution in [-0.4, -0.2) is 35.5 Å². The second-order valence-electron chi connectivity index (χ2n) is 6.31. The lowest BCUT2D eigenvalue weighted by molar-refractivity contribution is -0.141. The summed E-state index contributed by atoms with van der Waals surface area (Å²) in [7, 11) is 1.79. The van der Waals surface area contributed by atoms with Crippen LogP contribution in [0.25, 0.3) is 0 Å². The van der Waals surface area contributed by atoms with Crippen molar-refractivity contribution in [2.45, 2.75) is 27.2 Å². The van der Waals surface area contributed by atoms with E-state index >= 15 is 0 Å². The van der Waals surface area contributed by atoms with E-state index in [1.807, 2.05) is 13.8 Å². The van der Waals surface area contributed by atoms with Crippen molar-refractivity contribution in [1.82, 2.24) is 4.90 Å². The lowest BCUT2D eigenvalue weighted by Gasteiger charge is -2.17. The zero-order valence-electron chi connectivity index (χ0n) is 10.9. The maximum Gasteiger partial charge on any atom is 0.307 e. The van der Waals surface area contributed by atoms with Crippen molar-refractivity contribution < 1.29 is 14.7 Å². The molecule has 2 fully saturated rings. The number of hydrogen-bond donors (Lipinski definition) is 1. The standard InChI is InChI=1S/C13H21NO3/c1-7-5-8(7)6-14(4)11(15)9-10(12(16)17)13(9,2)3/h7-10H,5-6H2,1-4H3,(H,16,17). The van der Waals surface area contributed by atoms with Crippen molar-refractivity contribution >= 4 is 11.9 Å². The first-order valence-electron chi connectivity index (χ1n) is 6.24. The Labute approximate surface area is 102 Å². The van der Waals surface area contributed by atoms with E-state index in [4.69, 9.17) is 5.11 Å². The van der Waals surface area contributed by atoms with E-state index in [1.54, 1.807) is 11.9 Å². The lowest BCUT2D eigenvalue weighted by Crippen LogP contribution is -2.32. The third-order valence-corrected chi connectivity index (χ3v) is 4.52. The third-order valence-electron chi connectivity index (χ3n) is 4.52. The molecule has 4 atom stereocenters. The average molecular weight is 239 g/mol. The maximum absolute atomic E-state index is 12.2. The molecule has 0 aliphatic heterocycles. The fourth-order valence-corrected chi connectivity index (χ4v) is 2.89. The molecule has 2 aliphatic rings. The summed E-state index contributed by atoms with van der Waals surface area (Å²) < 4.78 is 0. The summed E-state index contributed by atoms with van der Waals surface area (Å²) in [6.45, 7) is 6.69. The Morgan fingerprint density at radius 2 is 1.88 bits per heavy atom. The SMILES string of the molecule is CC1CC1CN(C)C(=O)C1C(C(=O)O)C1(C)C. The lowest BCUT2D eigenvalue weighted by atomic mass is 10.1. The van der Waals surface area contributed by atoms with Crippen LogP contribution in [0.1, 0.15) is 27.2 Å². The van der Waals surface area contributed by atoms with Crippen LogP contribution in [-0.2, 0) is 9.59 Å². The smallest absolute Gasteiger partial charge is 0.307 e. The van der Waals surface area contributed by atoms with Gasteiger partial charge in [0.15, 0.2) is 0 Å². The molecule has 0 spiro atoms. The highest BCUT2D eigenvalue weighted by atomic mass is 16.4. The van der Waals surface area contributed by atoms with Gasteiger partial charge in [0, 0.05) is 13.6 Å². The molecule has 0 bridgehead atoms. The van der Waals surface area contributed by atoms with E-state index in [0.717, 1.165) is 6.54 Å². The summed E-state index contributed by atoms with van der Waals surface area (Å²) in [6.07, 6.45) is 1.19. The molecule has 0 heterocycles. The zero-order chi connectivity index (χ0) is 13.0. The van der Waals surface area contributed by atoms with Gasteiger partial charge in [-0.25, -0.2) is 0 Å².